The van der Waals surface area contributed by atoms with Crippen LogP contribution in [0.15, 0.2) is 42.5 Å². The van der Waals surface area contributed by atoms with Crippen LogP contribution >= 0.6 is 11.6 Å². The molecular weight excluding hydrogens is 469 g/mol. The number of rotatable bonds is 10. The van der Waals surface area contributed by atoms with Crippen LogP contribution in [0.3, 0.4) is 0 Å². The van der Waals surface area contributed by atoms with Gasteiger partial charge in [-0.15, -0.1) is 0 Å². The second kappa shape index (κ2) is 12.0. The zero-order chi connectivity index (χ0) is 24.6. The van der Waals surface area contributed by atoms with Gasteiger partial charge < -0.3 is 25.5 Å². The zero-order valence-corrected chi connectivity index (χ0v) is 20.6. The van der Waals surface area contributed by atoms with Gasteiger partial charge in [-0.25, -0.2) is 4.39 Å². The highest BCUT2D eigenvalue weighted by Crippen LogP contribution is 2.24. The molecule has 0 spiro atoms. The monoisotopic (exact) mass is 499 g/mol. The van der Waals surface area contributed by atoms with Gasteiger partial charge in [0.25, 0.3) is 0 Å². The minimum atomic E-state index is -0.233. The van der Waals surface area contributed by atoms with Gasteiger partial charge in [0.2, 0.25) is 17.8 Å². The van der Waals surface area contributed by atoms with E-state index in [2.05, 4.69) is 35.4 Å². The highest BCUT2D eigenvalue weighted by molar-refractivity contribution is 6.31. The molecule has 0 saturated carbocycles. The zero-order valence-electron chi connectivity index (χ0n) is 19.8. The van der Waals surface area contributed by atoms with Crippen LogP contribution in [-0.2, 0) is 0 Å². The van der Waals surface area contributed by atoms with Gasteiger partial charge in [0.15, 0.2) is 0 Å². The van der Waals surface area contributed by atoms with E-state index in [4.69, 9.17) is 16.7 Å². The average Bonchev–Trinajstić information content (AvgIpc) is 2.87. The molecule has 186 valence electrons. The number of aliphatic hydroxyl groups excluding tert-OH is 1. The lowest BCUT2D eigenvalue weighted by molar-refractivity contribution is 0.283. The van der Waals surface area contributed by atoms with E-state index in [1.165, 1.54) is 12.1 Å². The molecule has 2 heterocycles. The fourth-order valence-corrected chi connectivity index (χ4v) is 4.05. The smallest absolute Gasteiger partial charge is 0.233 e. The average molecular weight is 500 g/mol. The summed E-state index contributed by atoms with van der Waals surface area (Å²) in [6.45, 7) is 5.87. The van der Waals surface area contributed by atoms with Gasteiger partial charge in [-0.3, -0.25) is 0 Å². The Bertz CT molecular complexity index is 1110. The largest absolute Gasteiger partial charge is 0.396 e. The van der Waals surface area contributed by atoms with Crippen LogP contribution < -0.4 is 20.4 Å². The van der Waals surface area contributed by atoms with Crippen LogP contribution in [0.1, 0.15) is 24.8 Å². The molecule has 0 aliphatic carbocycles. The van der Waals surface area contributed by atoms with Crippen LogP contribution in [0.4, 0.5) is 33.6 Å². The van der Waals surface area contributed by atoms with Crippen LogP contribution in [0, 0.1) is 12.7 Å². The van der Waals surface area contributed by atoms with E-state index in [-0.39, 0.29) is 12.4 Å². The Labute approximate surface area is 210 Å². The molecular formula is C25H31ClFN7O. The van der Waals surface area contributed by atoms with Crippen LogP contribution in [0.2, 0.25) is 5.02 Å². The number of aryl methyl sites for hydroxylation is 1. The summed E-state index contributed by atoms with van der Waals surface area (Å²) in [5.74, 6) is 1.30. The maximum atomic E-state index is 13.3. The number of unbranched alkanes of at least 4 members (excludes halogenated alkanes) is 2. The van der Waals surface area contributed by atoms with E-state index in [0.29, 0.717) is 29.4 Å². The second-order valence-corrected chi connectivity index (χ2v) is 8.94. The number of nitrogens with one attached hydrogen (secondary N) is 2. The molecule has 1 saturated heterocycles. The fourth-order valence-electron chi connectivity index (χ4n) is 3.87. The number of halogens is 2. The summed E-state index contributed by atoms with van der Waals surface area (Å²) in [6, 6.07) is 12.3. The predicted octanol–water partition coefficient (Wildman–Crippen LogP) is 4.62. The number of nitrogens with zero attached hydrogens (tertiary/aromatic N) is 5. The first kappa shape index (κ1) is 24.9. The predicted molar refractivity (Wildman–Crippen MR) is 140 cm³/mol. The van der Waals surface area contributed by atoms with Crippen molar-refractivity contribution < 1.29 is 9.50 Å². The van der Waals surface area contributed by atoms with Crippen LogP contribution in [0.5, 0.6) is 0 Å². The molecule has 0 amide bonds. The van der Waals surface area contributed by atoms with E-state index in [9.17, 15) is 4.39 Å². The number of hydrogen-bond acceptors (Lipinski definition) is 8. The lowest BCUT2D eigenvalue weighted by Gasteiger charge is -2.36. The van der Waals surface area contributed by atoms with Crippen molar-refractivity contribution in [3.05, 3.63) is 58.9 Å². The number of benzene rings is 2. The molecule has 10 heteroatoms. The molecule has 2 aromatic carbocycles. The Morgan fingerprint density at radius 2 is 1.63 bits per heavy atom. The SMILES string of the molecule is Cc1ccc(Nc2nc(NCCCCCO)nc(N3CCN(c4ccc(F)cc4)CC3)n2)cc1Cl. The summed E-state index contributed by atoms with van der Waals surface area (Å²) in [5.41, 5.74) is 2.80. The Balaban J connectivity index is 1.48. The van der Waals surface area contributed by atoms with Crippen molar-refractivity contribution in [2.75, 3.05) is 59.8 Å². The second-order valence-electron chi connectivity index (χ2n) is 8.53. The number of aliphatic hydroxyl groups is 1. The van der Waals surface area contributed by atoms with Crippen molar-refractivity contribution in [3.63, 3.8) is 0 Å². The molecule has 1 aliphatic heterocycles. The van der Waals surface area contributed by atoms with Crippen molar-refractivity contribution in [1.82, 2.24) is 15.0 Å². The molecule has 8 nitrogen and oxygen atoms in total. The molecule has 4 rings (SSSR count). The highest BCUT2D eigenvalue weighted by atomic mass is 35.5. The summed E-state index contributed by atoms with van der Waals surface area (Å²) >= 11 is 6.29. The molecule has 35 heavy (non-hydrogen) atoms. The van der Waals surface area contributed by atoms with E-state index < -0.39 is 0 Å². The van der Waals surface area contributed by atoms with Crippen LogP contribution in [0.25, 0.3) is 0 Å². The third kappa shape index (κ3) is 6.93. The highest BCUT2D eigenvalue weighted by Gasteiger charge is 2.21. The van der Waals surface area contributed by atoms with Gasteiger partial charge in [-0.2, -0.15) is 15.0 Å². The number of piperazine rings is 1. The van der Waals surface area contributed by atoms with Gasteiger partial charge in [-0.05, 0) is 68.1 Å². The molecule has 0 bridgehead atoms. The topological polar surface area (TPSA) is 89.4 Å². The number of hydrogen-bond donors (Lipinski definition) is 3. The molecule has 3 N–H and O–H groups in total. The first-order valence-corrected chi connectivity index (χ1v) is 12.3. The Morgan fingerprint density at radius 3 is 2.34 bits per heavy atom. The summed E-state index contributed by atoms with van der Waals surface area (Å²) < 4.78 is 13.3. The Kier molecular flexibility index (Phi) is 8.54. The minimum Gasteiger partial charge on any atom is -0.396 e. The molecule has 0 radical (unpaired) electrons. The lowest BCUT2D eigenvalue weighted by atomic mass is 10.2. The number of aromatic nitrogens is 3. The van der Waals surface area contributed by atoms with Gasteiger partial charge in [-0.1, -0.05) is 17.7 Å². The van der Waals surface area contributed by atoms with E-state index in [0.717, 1.165) is 62.4 Å². The molecule has 1 aromatic heterocycles. The van der Waals surface area contributed by atoms with Crippen LogP contribution in [-0.4, -0.2) is 59.4 Å². The normalized spacial score (nSPS) is 13.7. The van der Waals surface area contributed by atoms with Crippen molar-refractivity contribution in [1.29, 1.82) is 0 Å². The summed E-state index contributed by atoms with van der Waals surface area (Å²) in [6.07, 6.45) is 2.62. The molecule has 1 aliphatic rings. The first-order valence-electron chi connectivity index (χ1n) is 11.9. The molecule has 1 fully saturated rings. The number of anilines is 5. The van der Waals surface area contributed by atoms with Crippen molar-refractivity contribution in [2.24, 2.45) is 0 Å². The Morgan fingerprint density at radius 1 is 0.914 bits per heavy atom. The summed E-state index contributed by atoms with van der Waals surface area (Å²) in [5, 5.41) is 16.2. The molecule has 3 aromatic rings. The van der Waals surface area contributed by atoms with Gasteiger partial charge in [0.05, 0.1) is 0 Å². The summed E-state index contributed by atoms with van der Waals surface area (Å²) in [4.78, 5) is 18.3. The maximum absolute atomic E-state index is 13.3. The van der Waals surface area contributed by atoms with E-state index >= 15 is 0 Å². The first-order chi connectivity index (χ1) is 17.0. The maximum Gasteiger partial charge on any atom is 0.233 e. The standard InChI is InChI=1S/C25H31ClFN7O/c1-18-5-8-20(17-22(18)26)29-24-30-23(28-11-3-2-4-16-35)31-25(32-24)34-14-12-33(13-15-34)21-9-6-19(27)7-10-21/h5-10,17,35H,2-4,11-16H2,1H3,(H2,28,29,30,31,32). The third-order valence-corrected chi connectivity index (χ3v) is 6.33. The minimum absolute atomic E-state index is 0.201. The van der Waals surface area contributed by atoms with Crippen molar-refractivity contribution in [3.8, 4) is 0 Å². The summed E-state index contributed by atoms with van der Waals surface area (Å²) in [7, 11) is 0. The van der Waals surface area contributed by atoms with E-state index in [1.54, 1.807) is 0 Å². The molecule has 0 atom stereocenters. The fraction of sp³-hybridized carbons (Fsp3) is 0.400. The van der Waals surface area contributed by atoms with Crippen molar-refractivity contribution >= 4 is 40.8 Å². The third-order valence-electron chi connectivity index (χ3n) is 5.92. The van der Waals surface area contributed by atoms with Gasteiger partial charge in [0, 0.05) is 55.7 Å². The van der Waals surface area contributed by atoms with E-state index in [1.807, 2.05) is 37.3 Å². The molecule has 0 unspecified atom stereocenters. The van der Waals surface area contributed by atoms with Gasteiger partial charge in [0.1, 0.15) is 5.82 Å². The lowest BCUT2D eigenvalue weighted by Crippen LogP contribution is -2.47. The quantitative estimate of drug-likeness (QED) is 0.348. The van der Waals surface area contributed by atoms with Crippen molar-refractivity contribution in [2.45, 2.75) is 26.2 Å². The van der Waals surface area contributed by atoms with Gasteiger partial charge >= 0.3 is 0 Å². The Hall–Kier alpha value is -3.17.